The van der Waals surface area contributed by atoms with Crippen molar-refractivity contribution in [1.29, 1.82) is 0 Å². The fourth-order valence-electron chi connectivity index (χ4n) is 1.97. The van der Waals surface area contributed by atoms with Gasteiger partial charge in [-0.15, -0.1) is 0 Å². The van der Waals surface area contributed by atoms with Crippen LogP contribution in [0.4, 0.5) is 0 Å². The minimum absolute atomic E-state index is 0.0180. The Morgan fingerprint density at radius 1 is 1.42 bits per heavy atom. The molecule has 0 aromatic heterocycles. The van der Waals surface area contributed by atoms with Gasteiger partial charge in [-0.05, 0) is 6.42 Å². The van der Waals surface area contributed by atoms with Crippen molar-refractivity contribution < 1.29 is 39.9 Å². The molecule has 1 saturated heterocycles. The van der Waals surface area contributed by atoms with Gasteiger partial charge in [0, 0.05) is 18.8 Å². The van der Waals surface area contributed by atoms with Crippen molar-refractivity contribution in [3.05, 3.63) is 0 Å². The summed E-state index contributed by atoms with van der Waals surface area (Å²) in [5.74, 6) is -4.10. The first-order valence-electron chi connectivity index (χ1n) is 5.87. The van der Waals surface area contributed by atoms with E-state index >= 15 is 0 Å². The summed E-state index contributed by atoms with van der Waals surface area (Å²) in [6.45, 7) is -0.390. The van der Waals surface area contributed by atoms with Crippen LogP contribution in [0.5, 0.6) is 0 Å². The number of hydrogen-bond donors (Lipinski definition) is 5. The molecule has 0 aliphatic carbocycles. The number of aliphatic carboxylic acids is 1. The Bertz CT molecular complexity index is 333. The minimum Gasteiger partial charge on any atom is -0.481 e. The second-order valence-electron chi connectivity index (χ2n) is 4.69. The molecule has 8 heteroatoms. The molecule has 0 aromatic rings. The van der Waals surface area contributed by atoms with Crippen LogP contribution in [0.3, 0.4) is 0 Å². The minimum atomic E-state index is -2.18. The summed E-state index contributed by atoms with van der Waals surface area (Å²) >= 11 is 0. The summed E-state index contributed by atoms with van der Waals surface area (Å²) in [5, 5.41) is 47.0. The molecule has 1 aliphatic heterocycles. The zero-order valence-electron chi connectivity index (χ0n) is 10.2. The van der Waals surface area contributed by atoms with Gasteiger partial charge in [-0.1, -0.05) is 0 Å². The number of aldehydes is 1. The fraction of sp³-hybridized carbons (Fsp3) is 0.818. The predicted octanol–water partition coefficient (Wildman–Crippen LogP) is -2.14. The summed E-state index contributed by atoms with van der Waals surface area (Å²) < 4.78 is 4.89. The molecule has 0 spiro atoms. The summed E-state index contributed by atoms with van der Waals surface area (Å²) in [5.41, 5.74) is 0. The van der Waals surface area contributed by atoms with Crippen molar-refractivity contribution in [3.63, 3.8) is 0 Å². The Labute approximate surface area is 109 Å². The molecule has 1 fully saturated rings. The molecule has 1 unspecified atom stereocenters. The summed E-state index contributed by atoms with van der Waals surface area (Å²) in [6, 6.07) is 0. The topological polar surface area (TPSA) is 145 Å². The molecule has 0 radical (unpaired) electrons. The molecule has 0 aromatic carbocycles. The average molecular weight is 278 g/mol. The lowest BCUT2D eigenvalue weighted by Gasteiger charge is -2.42. The van der Waals surface area contributed by atoms with E-state index in [0.717, 1.165) is 0 Å². The van der Waals surface area contributed by atoms with E-state index in [0.29, 0.717) is 6.29 Å². The highest BCUT2D eigenvalue weighted by atomic mass is 16.6. The number of hydrogen-bond acceptors (Lipinski definition) is 7. The number of aliphatic hydroxyl groups is 4. The first kappa shape index (κ1) is 16.0. The first-order valence-corrected chi connectivity index (χ1v) is 5.87. The van der Waals surface area contributed by atoms with Gasteiger partial charge in [-0.3, -0.25) is 4.79 Å². The number of ether oxygens (including phenoxy) is 1. The maximum Gasteiger partial charge on any atom is 0.303 e. The molecule has 19 heavy (non-hydrogen) atoms. The predicted molar refractivity (Wildman–Crippen MR) is 60.0 cm³/mol. The fourth-order valence-corrected chi connectivity index (χ4v) is 1.97. The first-order chi connectivity index (χ1) is 8.80. The highest BCUT2D eigenvalue weighted by Crippen LogP contribution is 2.30. The molecule has 0 bridgehead atoms. The normalized spacial score (nSPS) is 36.7. The van der Waals surface area contributed by atoms with Crippen LogP contribution >= 0.6 is 0 Å². The molecule has 5 N–H and O–H groups in total. The second-order valence-corrected chi connectivity index (χ2v) is 4.69. The van der Waals surface area contributed by atoms with Crippen LogP contribution in [0.25, 0.3) is 0 Å². The molecule has 1 aliphatic rings. The van der Waals surface area contributed by atoms with Gasteiger partial charge in [-0.25, -0.2) is 0 Å². The lowest BCUT2D eigenvalue weighted by atomic mass is 9.87. The third-order valence-corrected chi connectivity index (χ3v) is 3.16. The lowest BCUT2D eigenvalue weighted by molar-refractivity contribution is -0.326. The van der Waals surface area contributed by atoms with E-state index in [1.807, 2.05) is 0 Å². The Hall–Kier alpha value is -1.06. The standard InChI is InChI=1S/C11H18O8/c12-4-6(1-2-8(14)15)3-11(18)10(17)9(16)7(13)5-19-11/h4,6-7,9-10,13,16-18H,1-3,5H2,(H,14,15)/t6?,7-,9+,10-,11-/m1/s1. The highest BCUT2D eigenvalue weighted by Gasteiger charge is 2.49. The van der Waals surface area contributed by atoms with Gasteiger partial charge in [-0.2, -0.15) is 0 Å². The van der Waals surface area contributed by atoms with Gasteiger partial charge in [0.25, 0.3) is 0 Å². The van der Waals surface area contributed by atoms with Gasteiger partial charge in [0.2, 0.25) is 0 Å². The van der Waals surface area contributed by atoms with E-state index < -0.39 is 36.0 Å². The molecule has 1 rings (SSSR count). The van der Waals surface area contributed by atoms with Crippen molar-refractivity contribution in [2.45, 2.75) is 43.4 Å². The smallest absolute Gasteiger partial charge is 0.303 e. The van der Waals surface area contributed by atoms with Gasteiger partial charge in [0.15, 0.2) is 5.79 Å². The molecule has 0 amide bonds. The van der Waals surface area contributed by atoms with Gasteiger partial charge < -0.3 is 35.1 Å². The highest BCUT2D eigenvalue weighted by molar-refractivity contribution is 5.67. The van der Waals surface area contributed by atoms with Crippen LogP contribution < -0.4 is 0 Å². The third kappa shape index (κ3) is 3.95. The number of carboxylic acids is 1. The van der Waals surface area contributed by atoms with E-state index in [-0.39, 0.29) is 25.9 Å². The zero-order valence-corrected chi connectivity index (χ0v) is 10.2. The van der Waals surface area contributed by atoms with Crippen LogP contribution in [0, 0.1) is 5.92 Å². The maximum absolute atomic E-state index is 10.8. The van der Waals surface area contributed by atoms with E-state index in [4.69, 9.17) is 9.84 Å². The van der Waals surface area contributed by atoms with Gasteiger partial charge in [0.05, 0.1) is 6.61 Å². The van der Waals surface area contributed by atoms with E-state index in [9.17, 15) is 30.0 Å². The SMILES string of the molecule is O=CC(CCC(=O)O)C[C@@]1(O)OC[C@@H](O)[C@H](O)[C@H]1O. The Morgan fingerprint density at radius 2 is 2.05 bits per heavy atom. The van der Waals surface area contributed by atoms with Crippen molar-refractivity contribution in [2.75, 3.05) is 6.61 Å². The summed E-state index contributed by atoms with van der Waals surface area (Å²) in [7, 11) is 0. The Morgan fingerprint density at radius 3 is 2.58 bits per heavy atom. The van der Waals surface area contributed by atoms with Crippen molar-refractivity contribution in [2.24, 2.45) is 5.92 Å². The maximum atomic E-state index is 10.8. The Balaban J connectivity index is 2.66. The van der Waals surface area contributed by atoms with Crippen LogP contribution in [-0.4, -0.2) is 68.5 Å². The second kappa shape index (κ2) is 6.40. The van der Waals surface area contributed by atoms with Crippen molar-refractivity contribution >= 4 is 12.3 Å². The average Bonchev–Trinajstić information content (AvgIpc) is 2.37. The molecule has 5 atom stereocenters. The third-order valence-electron chi connectivity index (χ3n) is 3.16. The van der Waals surface area contributed by atoms with Crippen molar-refractivity contribution in [1.82, 2.24) is 0 Å². The van der Waals surface area contributed by atoms with E-state index in [1.165, 1.54) is 0 Å². The number of carboxylic acid groups (broad SMARTS) is 1. The number of rotatable bonds is 6. The monoisotopic (exact) mass is 278 g/mol. The number of carbonyl (C=O) groups excluding carboxylic acids is 1. The lowest BCUT2D eigenvalue weighted by Crippen LogP contribution is -2.61. The number of carbonyl (C=O) groups is 2. The van der Waals surface area contributed by atoms with Crippen LogP contribution in [-0.2, 0) is 14.3 Å². The molecule has 110 valence electrons. The van der Waals surface area contributed by atoms with Gasteiger partial charge >= 0.3 is 5.97 Å². The van der Waals surface area contributed by atoms with Gasteiger partial charge in [0.1, 0.15) is 24.6 Å². The molecule has 0 saturated carbocycles. The Kier molecular flexibility index (Phi) is 5.39. The molecule has 1 heterocycles. The molecular formula is C11H18O8. The number of aliphatic hydroxyl groups excluding tert-OH is 3. The van der Waals surface area contributed by atoms with Crippen molar-refractivity contribution in [3.8, 4) is 0 Å². The largest absolute Gasteiger partial charge is 0.481 e. The van der Waals surface area contributed by atoms with Crippen LogP contribution in [0.2, 0.25) is 0 Å². The van der Waals surface area contributed by atoms with E-state index in [2.05, 4.69) is 0 Å². The zero-order chi connectivity index (χ0) is 14.6. The van der Waals surface area contributed by atoms with Crippen LogP contribution in [0.15, 0.2) is 0 Å². The summed E-state index contributed by atoms with van der Waals surface area (Å²) in [4.78, 5) is 21.3. The summed E-state index contributed by atoms with van der Waals surface area (Å²) in [6.07, 6.45) is -4.86. The molecule has 8 nitrogen and oxygen atoms in total. The van der Waals surface area contributed by atoms with E-state index in [1.54, 1.807) is 0 Å². The molecular weight excluding hydrogens is 260 g/mol. The van der Waals surface area contributed by atoms with Crippen LogP contribution in [0.1, 0.15) is 19.3 Å². The quantitative estimate of drug-likeness (QED) is 0.346.